The van der Waals surface area contributed by atoms with Gasteiger partial charge in [0.25, 0.3) is 5.56 Å². The Morgan fingerprint density at radius 3 is 2.28 bits per heavy atom. The first-order valence-electron chi connectivity index (χ1n) is 6.08. The lowest BCUT2D eigenvalue weighted by atomic mass is 9.90. The van der Waals surface area contributed by atoms with Gasteiger partial charge in [0.2, 0.25) is 5.24 Å². The maximum absolute atomic E-state index is 12.4. The van der Waals surface area contributed by atoms with Crippen molar-refractivity contribution >= 4 is 16.8 Å². The molecular weight excluding hydrogens is 250 g/mol. The van der Waals surface area contributed by atoms with E-state index in [1.807, 2.05) is 19.9 Å². The van der Waals surface area contributed by atoms with Gasteiger partial charge in [0.05, 0.1) is 6.42 Å². The highest BCUT2D eigenvalue weighted by Crippen LogP contribution is 2.23. The predicted octanol–water partition coefficient (Wildman–Crippen LogP) is 3.03. The number of pyridine rings is 1. The third kappa shape index (κ3) is 3.22. The van der Waals surface area contributed by atoms with E-state index in [9.17, 15) is 9.59 Å². The zero-order valence-corrected chi connectivity index (χ0v) is 12.3. The number of aromatic nitrogens is 1. The Morgan fingerprint density at radius 1 is 1.33 bits per heavy atom. The average molecular weight is 270 g/mol. The summed E-state index contributed by atoms with van der Waals surface area (Å²) in [5, 5.41) is -0.508. The van der Waals surface area contributed by atoms with Crippen molar-refractivity contribution in [2.45, 2.75) is 52.5 Å². The number of hydrogen-bond acceptors (Lipinski definition) is 2. The van der Waals surface area contributed by atoms with Crippen LogP contribution in [0.5, 0.6) is 0 Å². The van der Waals surface area contributed by atoms with Crippen LogP contribution in [0.25, 0.3) is 0 Å². The molecule has 0 saturated heterocycles. The molecule has 0 saturated carbocycles. The molecule has 0 N–H and O–H groups in total. The van der Waals surface area contributed by atoms with Gasteiger partial charge in [-0.15, -0.1) is 0 Å². The fourth-order valence-corrected chi connectivity index (χ4v) is 2.15. The van der Waals surface area contributed by atoms with E-state index in [0.717, 1.165) is 5.69 Å². The van der Waals surface area contributed by atoms with Crippen molar-refractivity contribution in [2.24, 2.45) is 0 Å². The van der Waals surface area contributed by atoms with E-state index in [-0.39, 0.29) is 23.4 Å². The summed E-state index contributed by atoms with van der Waals surface area (Å²) in [4.78, 5) is 23.3. The maximum Gasteiger partial charge on any atom is 0.254 e. The molecule has 0 radical (unpaired) electrons. The molecule has 0 aliphatic carbocycles. The van der Waals surface area contributed by atoms with Crippen LogP contribution < -0.4 is 5.56 Å². The number of hydrogen-bond donors (Lipinski definition) is 0. The minimum absolute atomic E-state index is 0.0163. The molecule has 0 unspecified atom stereocenters. The van der Waals surface area contributed by atoms with Crippen LogP contribution in [-0.4, -0.2) is 9.81 Å². The molecule has 0 aliphatic rings. The van der Waals surface area contributed by atoms with Crippen LogP contribution in [0.15, 0.2) is 16.9 Å². The first-order valence-corrected chi connectivity index (χ1v) is 6.45. The van der Waals surface area contributed by atoms with Crippen molar-refractivity contribution in [1.82, 2.24) is 4.57 Å². The monoisotopic (exact) mass is 269 g/mol. The summed E-state index contributed by atoms with van der Waals surface area (Å²) in [5.74, 6) is 0. The first-order chi connectivity index (χ1) is 8.14. The first kappa shape index (κ1) is 15.0. The van der Waals surface area contributed by atoms with Gasteiger partial charge < -0.3 is 4.57 Å². The normalized spacial score (nSPS) is 11.9. The zero-order chi connectivity index (χ0) is 14.1. The lowest BCUT2D eigenvalue weighted by Crippen LogP contribution is -2.33. The van der Waals surface area contributed by atoms with E-state index < -0.39 is 5.24 Å². The molecule has 1 aromatic rings. The SMILES string of the molecule is CC(C)n1c(C(C)(C)C)ccc(CC(=O)Cl)c1=O. The minimum atomic E-state index is -0.508. The van der Waals surface area contributed by atoms with Crippen molar-refractivity contribution in [3.8, 4) is 0 Å². The van der Waals surface area contributed by atoms with E-state index in [1.54, 1.807) is 10.6 Å². The third-order valence-electron chi connectivity index (χ3n) is 2.81. The van der Waals surface area contributed by atoms with Gasteiger partial charge in [-0.05, 0) is 31.5 Å². The molecule has 1 aromatic heterocycles. The summed E-state index contributed by atoms with van der Waals surface area (Å²) >= 11 is 5.36. The van der Waals surface area contributed by atoms with Crippen molar-refractivity contribution in [3.05, 3.63) is 33.7 Å². The molecule has 1 rings (SSSR count). The third-order valence-corrected chi connectivity index (χ3v) is 2.94. The summed E-state index contributed by atoms with van der Waals surface area (Å²) < 4.78 is 1.75. The molecule has 18 heavy (non-hydrogen) atoms. The lowest BCUT2D eigenvalue weighted by Gasteiger charge is -2.26. The number of carbonyl (C=O) groups excluding carboxylic acids is 1. The largest absolute Gasteiger partial charge is 0.309 e. The molecule has 0 aliphatic heterocycles. The highest BCUT2D eigenvalue weighted by molar-refractivity contribution is 6.63. The summed E-state index contributed by atoms with van der Waals surface area (Å²) in [5.41, 5.74) is 1.18. The van der Waals surface area contributed by atoms with E-state index in [4.69, 9.17) is 11.6 Å². The molecular formula is C14H20ClNO2. The Kier molecular flexibility index (Phi) is 4.38. The van der Waals surface area contributed by atoms with Crippen LogP contribution in [0, 0.1) is 0 Å². The van der Waals surface area contributed by atoms with Crippen LogP contribution in [0.4, 0.5) is 0 Å². The van der Waals surface area contributed by atoms with E-state index in [2.05, 4.69) is 20.8 Å². The van der Waals surface area contributed by atoms with Crippen LogP contribution in [-0.2, 0) is 16.6 Å². The van der Waals surface area contributed by atoms with Crippen LogP contribution in [0.1, 0.15) is 51.9 Å². The molecule has 3 nitrogen and oxygen atoms in total. The molecule has 1 heterocycles. The predicted molar refractivity (Wildman–Crippen MR) is 74.4 cm³/mol. The molecule has 0 fully saturated rings. The Balaban J connectivity index is 3.48. The molecule has 0 atom stereocenters. The van der Waals surface area contributed by atoms with E-state index in [0.29, 0.717) is 5.56 Å². The summed E-state index contributed by atoms with van der Waals surface area (Å²) in [6.45, 7) is 10.1. The fraction of sp³-hybridized carbons (Fsp3) is 0.571. The standard InChI is InChI=1S/C14H20ClNO2/c1-9(2)16-11(14(3,4)5)7-6-10(13(16)18)8-12(15)17/h6-7,9H,8H2,1-5H3. The summed E-state index contributed by atoms with van der Waals surface area (Å²) in [7, 11) is 0. The number of carbonyl (C=O) groups is 1. The minimum Gasteiger partial charge on any atom is -0.309 e. The van der Waals surface area contributed by atoms with Gasteiger partial charge in [-0.2, -0.15) is 0 Å². The van der Waals surface area contributed by atoms with Gasteiger partial charge in [-0.3, -0.25) is 9.59 Å². The second kappa shape index (κ2) is 5.27. The molecule has 4 heteroatoms. The van der Waals surface area contributed by atoms with Gasteiger partial charge in [0.15, 0.2) is 0 Å². The second-order valence-corrected chi connectivity index (χ2v) is 6.22. The maximum atomic E-state index is 12.4. The zero-order valence-electron chi connectivity index (χ0n) is 11.6. The summed E-state index contributed by atoms with van der Waals surface area (Å²) in [6, 6.07) is 3.68. The number of rotatable bonds is 3. The van der Waals surface area contributed by atoms with Gasteiger partial charge in [0, 0.05) is 22.7 Å². The molecule has 0 aromatic carbocycles. The topological polar surface area (TPSA) is 39.1 Å². The van der Waals surface area contributed by atoms with Crippen LogP contribution >= 0.6 is 11.6 Å². The Morgan fingerprint density at radius 2 is 1.89 bits per heavy atom. The fourth-order valence-electron chi connectivity index (χ4n) is 2.00. The number of nitrogens with zero attached hydrogens (tertiary/aromatic N) is 1. The van der Waals surface area contributed by atoms with Crippen LogP contribution in [0.3, 0.4) is 0 Å². The van der Waals surface area contributed by atoms with Crippen molar-refractivity contribution in [2.75, 3.05) is 0 Å². The van der Waals surface area contributed by atoms with E-state index >= 15 is 0 Å². The second-order valence-electron chi connectivity index (χ2n) is 5.79. The number of halogens is 1. The van der Waals surface area contributed by atoms with Crippen molar-refractivity contribution in [1.29, 1.82) is 0 Å². The van der Waals surface area contributed by atoms with Gasteiger partial charge in [-0.25, -0.2) is 0 Å². The quantitative estimate of drug-likeness (QED) is 0.791. The Labute approximate surface area is 113 Å². The molecule has 0 amide bonds. The molecule has 100 valence electrons. The van der Waals surface area contributed by atoms with Crippen molar-refractivity contribution in [3.63, 3.8) is 0 Å². The van der Waals surface area contributed by atoms with Gasteiger partial charge >= 0.3 is 0 Å². The Hall–Kier alpha value is -1.09. The lowest BCUT2D eigenvalue weighted by molar-refractivity contribution is -0.111. The molecule has 0 spiro atoms. The Bertz CT molecular complexity index is 510. The van der Waals surface area contributed by atoms with E-state index in [1.165, 1.54) is 0 Å². The highest BCUT2D eigenvalue weighted by atomic mass is 35.5. The molecule has 0 bridgehead atoms. The average Bonchev–Trinajstić information content (AvgIpc) is 2.17. The highest BCUT2D eigenvalue weighted by Gasteiger charge is 2.21. The van der Waals surface area contributed by atoms with Gasteiger partial charge in [0.1, 0.15) is 0 Å². The van der Waals surface area contributed by atoms with Crippen molar-refractivity contribution < 1.29 is 4.79 Å². The van der Waals surface area contributed by atoms with Gasteiger partial charge in [-0.1, -0.05) is 26.8 Å². The van der Waals surface area contributed by atoms with Crippen LogP contribution in [0.2, 0.25) is 0 Å². The summed E-state index contributed by atoms with van der Waals surface area (Å²) in [6.07, 6.45) is -0.0163. The smallest absolute Gasteiger partial charge is 0.254 e.